The fourth-order valence-corrected chi connectivity index (χ4v) is 1.43. The first-order valence-corrected chi connectivity index (χ1v) is 5.41. The lowest BCUT2D eigenvalue weighted by Gasteiger charge is -2.26. The number of hydrogen-bond acceptors (Lipinski definition) is 2. The summed E-state index contributed by atoms with van der Waals surface area (Å²) in [4.78, 5) is 15.2. The molecule has 2 amide bonds. The summed E-state index contributed by atoms with van der Waals surface area (Å²) in [6, 6.07) is 6.66. The first-order chi connectivity index (χ1) is 7.60. The minimum Gasteiger partial charge on any atom is -0.508 e. The van der Waals surface area contributed by atoms with Gasteiger partial charge >= 0.3 is 6.03 Å². The van der Waals surface area contributed by atoms with Crippen LogP contribution in [0.2, 0.25) is 0 Å². The average molecular weight is 222 g/mol. The van der Waals surface area contributed by atoms with Crippen LogP contribution in [0.15, 0.2) is 24.3 Å². The highest BCUT2D eigenvalue weighted by molar-refractivity contribution is 5.91. The van der Waals surface area contributed by atoms with E-state index in [4.69, 9.17) is 0 Å². The van der Waals surface area contributed by atoms with E-state index in [0.29, 0.717) is 18.8 Å². The predicted octanol–water partition coefficient (Wildman–Crippen LogP) is 2.29. The van der Waals surface area contributed by atoms with Gasteiger partial charge in [-0.15, -0.1) is 0 Å². The molecule has 0 spiro atoms. The van der Waals surface area contributed by atoms with Crippen molar-refractivity contribution in [3.63, 3.8) is 0 Å². The molecule has 0 aliphatic carbocycles. The van der Waals surface area contributed by atoms with Gasteiger partial charge < -0.3 is 10.0 Å². The normalized spacial score (nSPS) is 9.94. The third-order valence-corrected chi connectivity index (χ3v) is 2.49. The van der Waals surface area contributed by atoms with E-state index >= 15 is 0 Å². The molecule has 0 heterocycles. The summed E-state index contributed by atoms with van der Waals surface area (Å²) in [7, 11) is 1.76. The van der Waals surface area contributed by atoms with Crippen molar-refractivity contribution < 1.29 is 9.90 Å². The Morgan fingerprint density at radius 2 is 2.00 bits per heavy atom. The minimum atomic E-state index is -0.0596. The molecule has 0 unspecified atom stereocenters. The predicted molar refractivity (Wildman–Crippen MR) is 64.8 cm³/mol. The molecule has 0 atom stereocenters. The van der Waals surface area contributed by atoms with Crippen molar-refractivity contribution in [1.29, 1.82) is 0 Å². The number of carbonyl (C=O) groups excluding carboxylic acids is 1. The Bertz CT molecular complexity index is 366. The molecule has 88 valence electrons. The molecule has 1 N–H and O–H groups in total. The highest BCUT2D eigenvalue weighted by atomic mass is 16.3. The van der Waals surface area contributed by atoms with Crippen LogP contribution in [0.25, 0.3) is 0 Å². The van der Waals surface area contributed by atoms with E-state index in [1.165, 1.54) is 0 Å². The molecule has 4 heteroatoms. The quantitative estimate of drug-likeness (QED) is 0.852. The summed E-state index contributed by atoms with van der Waals surface area (Å²) in [5, 5.41) is 9.38. The van der Waals surface area contributed by atoms with Crippen LogP contribution in [0.3, 0.4) is 0 Å². The maximum absolute atomic E-state index is 12.0. The molecule has 4 nitrogen and oxygen atoms in total. The van der Waals surface area contributed by atoms with Crippen LogP contribution in [0.4, 0.5) is 10.5 Å². The van der Waals surface area contributed by atoms with Crippen molar-refractivity contribution in [3.8, 4) is 5.75 Å². The average Bonchev–Trinajstić information content (AvgIpc) is 2.29. The Hall–Kier alpha value is -1.71. The second-order valence-electron chi connectivity index (χ2n) is 3.56. The molecule has 1 aromatic rings. The molecular weight excluding hydrogens is 204 g/mol. The summed E-state index contributed by atoms with van der Waals surface area (Å²) in [6.45, 7) is 5.07. The maximum Gasteiger partial charge on any atom is 0.324 e. The van der Waals surface area contributed by atoms with Gasteiger partial charge in [-0.2, -0.15) is 0 Å². The van der Waals surface area contributed by atoms with Gasteiger partial charge in [0.15, 0.2) is 0 Å². The molecule has 0 aromatic heterocycles. The largest absolute Gasteiger partial charge is 0.508 e. The summed E-state index contributed by atoms with van der Waals surface area (Å²) >= 11 is 0. The van der Waals surface area contributed by atoms with Crippen molar-refractivity contribution in [1.82, 2.24) is 4.90 Å². The fourth-order valence-electron chi connectivity index (χ4n) is 1.43. The zero-order chi connectivity index (χ0) is 12.1. The summed E-state index contributed by atoms with van der Waals surface area (Å²) in [5.74, 6) is 0.169. The second-order valence-corrected chi connectivity index (χ2v) is 3.56. The van der Waals surface area contributed by atoms with Crippen molar-refractivity contribution in [2.45, 2.75) is 13.8 Å². The summed E-state index contributed by atoms with van der Waals surface area (Å²) in [5.41, 5.74) is 0.716. The number of hydrogen-bond donors (Lipinski definition) is 1. The molecule has 0 saturated heterocycles. The molecule has 0 bridgehead atoms. The Morgan fingerprint density at radius 1 is 1.31 bits per heavy atom. The van der Waals surface area contributed by atoms with E-state index in [-0.39, 0.29) is 11.8 Å². The highest BCUT2D eigenvalue weighted by Crippen LogP contribution is 2.20. The molecular formula is C12H18N2O2. The number of phenols is 1. The smallest absolute Gasteiger partial charge is 0.324 e. The van der Waals surface area contributed by atoms with E-state index < -0.39 is 0 Å². The first-order valence-electron chi connectivity index (χ1n) is 5.41. The van der Waals surface area contributed by atoms with E-state index in [1.807, 2.05) is 19.9 Å². The molecule has 0 aliphatic heterocycles. The standard InChI is InChI=1S/C12H18N2O2/c1-4-13(3)12(16)14(5-2)10-7-6-8-11(15)9-10/h6-9,15H,4-5H2,1-3H3. The second kappa shape index (κ2) is 5.39. The molecule has 0 radical (unpaired) electrons. The number of anilines is 1. The van der Waals surface area contributed by atoms with Gasteiger partial charge in [-0.1, -0.05) is 6.07 Å². The van der Waals surface area contributed by atoms with Gasteiger partial charge in [-0.05, 0) is 26.0 Å². The topological polar surface area (TPSA) is 43.8 Å². The first kappa shape index (κ1) is 12.4. The van der Waals surface area contributed by atoms with Crippen molar-refractivity contribution in [2.24, 2.45) is 0 Å². The van der Waals surface area contributed by atoms with Crippen LogP contribution >= 0.6 is 0 Å². The Labute approximate surface area is 96.1 Å². The van der Waals surface area contributed by atoms with Gasteiger partial charge in [0.05, 0.1) is 0 Å². The number of nitrogens with zero attached hydrogens (tertiary/aromatic N) is 2. The highest BCUT2D eigenvalue weighted by Gasteiger charge is 2.16. The van der Waals surface area contributed by atoms with Gasteiger partial charge in [-0.3, -0.25) is 4.90 Å². The fraction of sp³-hybridized carbons (Fsp3) is 0.417. The molecule has 1 aromatic carbocycles. The number of aromatic hydroxyl groups is 1. The number of carbonyl (C=O) groups is 1. The van der Waals surface area contributed by atoms with Gasteiger partial charge in [0, 0.05) is 31.9 Å². The van der Waals surface area contributed by atoms with E-state index in [1.54, 1.807) is 35.0 Å². The summed E-state index contributed by atoms with van der Waals surface area (Å²) in [6.07, 6.45) is 0. The van der Waals surface area contributed by atoms with Gasteiger partial charge in [0.25, 0.3) is 0 Å². The zero-order valence-corrected chi connectivity index (χ0v) is 9.97. The SMILES string of the molecule is CCN(C)C(=O)N(CC)c1cccc(O)c1. The lowest BCUT2D eigenvalue weighted by atomic mass is 10.2. The number of rotatable bonds is 3. The van der Waals surface area contributed by atoms with Crippen LogP contribution in [-0.4, -0.2) is 36.2 Å². The lowest BCUT2D eigenvalue weighted by molar-refractivity contribution is 0.218. The maximum atomic E-state index is 12.0. The third kappa shape index (κ3) is 2.66. The number of phenolic OH excluding ortho intramolecular Hbond substituents is 1. The van der Waals surface area contributed by atoms with Gasteiger partial charge in [0.1, 0.15) is 5.75 Å². The zero-order valence-electron chi connectivity index (χ0n) is 9.97. The third-order valence-electron chi connectivity index (χ3n) is 2.49. The van der Waals surface area contributed by atoms with Crippen LogP contribution < -0.4 is 4.90 Å². The lowest BCUT2D eigenvalue weighted by Crippen LogP contribution is -2.41. The molecule has 0 aliphatic rings. The molecule has 16 heavy (non-hydrogen) atoms. The number of benzene rings is 1. The summed E-state index contributed by atoms with van der Waals surface area (Å²) < 4.78 is 0. The van der Waals surface area contributed by atoms with Crippen molar-refractivity contribution >= 4 is 11.7 Å². The van der Waals surface area contributed by atoms with Crippen LogP contribution in [0, 0.1) is 0 Å². The van der Waals surface area contributed by atoms with Crippen LogP contribution in [0.5, 0.6) is 5.75 Å². The molecule has 0 saturated carbocycles. The monoisotopic (exact) mass is 222 g/mol. The van der Waals surface area contributed by atoms with Crippen molar-refractivity contribution in [2.75, 3.05) is 25.0 Å². The Balaban J connectivity index is 2.94. The minimum absolute atomic E-state index is 0.0596. The molecule has 1 rings (SSSR count). The number of urea groups is 1. The van der Waals surface area contributed by atoms with Gasteiger partial charge in [-0.25, -0.2) is 4.79 Å². The van der Waals surface area contributed by atoms with Crippen LogP contribution in [-0.2, 0) is 0 Å². The Kier molecular flexibility index (Phi) is 4.17. The number of amides is 2. The van der Waals surface area contributed by atoms with Crippen LogP contribution in [0.1, 0.15) is 13.8 Å². The van der Waals surface area contributed by atoms with Crippen molar-refractivity contribution in [3.05, 3.63) is 24.3 Å². The van der Waals surface area contributed by atoms with E-state index in [2.05, 4.69) is 0 Å². The van der Waals surface area contributed by atoms with E-state index in [0.717, 1.165) is 0 Å². The Morgan fingerprint density at radius 3 is 2.50 bits per heavy atom. The van der Waals surface area contributed by atoms with Gasteiger partial charge in [0.2, 0.25) is 0 Å². The molecule has 0 fully saturated rings. The van der Waals surface area contributed by atoms with E-state index in [9.17, 15) is 9.90 Å².